The molecule has 1 heterocycles. The number of ether oxygens (including phenoxy) is 1. The molecule has 1 N–H and O–H groups in total. The molecule has 0 aromatic carbocycles. The van der Waals surface area contributed by atoms with Crippen molar-refractivity contribution in [2.75, 3.05) is 19.7 Å². The van der Waals surface area contributed by atoms with E-state index in [4.69, 9.17) is 4.74 Å². The van der Waals surface area contributed by atoms with Crippen LogP contribution in [0, 0.1) is 0 Å². The van der Waals surface area contributed by atoms with E-state index in [0.29, 0.717) is 13.2 Å². The van der Waals surface area contributed by atoms with Crippen LogP contribution in [-0.4, -0.2) is 37.8 Å². The number of halogens is 3. The van der Waals surface area contributed by atoms with E-state index in [1.165, 1.54) is 0 Å². The summed E-state index contributed by atoms with van der Waals surface area (Å²) in [6, 6.07) is 0. The minimum absolute atomic E-state index is 0.0145. The summed E-state index contributed by atoms with van der Waals surface area (Å²) in [5.74, 6) is -0.155. The van der Waals surface area contributed by atoms with E-state index in [9.17, 15) is 18.0 Å². The van der Waals surface area contributed by atoms with Crippen LogP contribution >= 0.6 is 0 Å². The topological polar surface area (TPSA) is 38.3 Å². The van der Waals surface area contributed by atoms with E-state index < -0.39 is 12.6 Å². The van der Waals surface area contributed by atoms with Gasteiger partial charge in [-0.15, -0.1) is 0 Å². The lowest BCUT2D eigenvalue weighted by atomic mass is 10.1. The SMILES string of the molecule is O=C(CCCC(F)(F)F)CC1CNCCO1. The van der Waals surface area contributed by atoms with Crippen molar-refractivity contribution in [2.24, 2.45) is 0 Å². The number of ketones is 1. The largest absolute Gasteiger partial charge is 0.389 e. The fraction of sp³-hybridized carbons (Fsp3) is 0.900. The molecule has 94 valence electrons. The van der Waals surface area contributed by atoms with E-state index in [0.717, 1.165) is 6.54 Å². The number of hydrogen-bond acceptors (Lipinski definition) is 3. The zero-order valence-electron chi connectivity index (χ0n) is 8.98. The summed E-state index contributed by atoms with van der Waals surface area (Å²) in [6.07, 6.45) is -5.15. The maximum absolute atomic E-state index is 11.8. The first-order chi connectivity index (χ1) is 7.47. The predicted octanol–water partition coefficient (Wildman–Crippen LogP) is 1.67. The molecule has 1 saturated heterocycles. The summed E-state index contributed by atoms with van der Waals surface area (Å²) in [5, 5.41) is 3.06. The van der Waals surface area contributed by atoms with Gasteiger partial charge in [0.05, 0.1) is 12.7 Å². The van der Waals surface area contributed by atoms with Crippen LogP contribution in [0.4, 0.5) is 13.2 Å². The normalized spacial score (nSPS) is 22.1. The summed E-state index contributed by atoms with van der Waals surface area (Å²) in [5.41, 5.74) is 0. The summed E-state index contributed by atoms with van der Waals surface area (Å²) < 4.78 is 40.7. The molecule has 6 heteroatoms. The average molecular weight is 239 g/mol. The molecule has 1 unspecified atom stereocenters. The highest BCUT2D eigenvalue weighted by molar-refractivity contribution is 5.78. The highest BCUT2D eigenvalue weighted by Crippen LogP contribution is 2.22. The predicted molar refractivity (Wildman–Crippen MR) is 52.1 cm³/mol. The average Bonchev–Trinajstić information content (AvgIpc) is 2.17. The number of rotatable bonds is 5. The van der Waals surface area contributed by atoms with Gasteiger partial charge in [-0.05, 0) is 6.42 Å². The van der Waals surface area contributed by atoms with Crippen LogP contribution in [0.3, 0.4) is 0 Å². The number of carbonyl (C=O) groups is 1. The number of hydrogen-bond donors (Lipinski definition) is 1. The van der Waals surface area contributed by atoms with E-state index in [1.54, 1.807) is 0 Å². The second-order valence-electron chi connectivity index (χ2n) is 3.91. The Morgan fingerprint density at radius 1 is 1.44 bits per heavy atom. The lowest BCUT2D eigenvalue weighted by Gasteiger charge is -2.22. The molecule has 0 aliphatic carbocycles. The molecular formula is C10H16F3NO2. The first kappa shape index (κ1) is 13.4. The van der Waals surface area contributed by atoms with Crippen LogP contribution < -0.4 is 5.32 Å². The molecule has 0 bridgehead atoms. The van der Waals surface area contributed by atoms with Crippen LogP contribution in [0.15, 0.2) is 0 Å². The molecule has 0 aromatic heterocycles. The van der Waals surface area contributed by atoms with Gasteiger partial charge >= 0.3 is 6.18 Å². The summed E-state index contributed by atoms with van der Waals surface area (Å²) in [7, 11) is 0. The Labute approximate surface area is 92.3 Å². The number of carbonyl (C=O) groups excluding carboxylic acids is 1. The first-order valence-electron chi connectivity index (χ1n) is 5.38. The van der Waals surface area contributed by atoms with Gasteiger partial charge < -0.3 is 10.1 Å². The summed E-state index contributed by atoms with van der Waals surface area (Å²) >= 11 is 0. The lowest BCUT2D eigenvalue weighted by molar-refractivity contribution is -0.137. The quantitative estimate of drug-likeness (QED) is 0.793. The van der Waals surface area contributed by atoms with Gasteiger partial charge in [0, 0.05) is 32.4 Å². The molecular weight excluding hydrogens is 223 g/mol. The Morgan fingerprint density at radius 3 is 2.75 bits per heavy atom. The molecule has 0 amide bonds. The van der Waals surface area contributed by atoms with Gasteiger partial charge in [0.2, 0.25) is 0 Å². The highest BCUT2D eigenvalue weighted by Gasteiger charge is 2.26. The van der Waals surface area contributed by atoms with Crippen LogP contribution in [0.5, 0.6) is 0 Å². The molecule has 0 radical (unpaired) electrons. The highest BCUT2D eigenvalue weighted by atomic mass is 19.4. The van der Waals surface area contributed by atoms with Crippen molar-refractivity contribution in [2.45, 2.75) is 38.0 Å². The summed E-state index contributed by atoms with van der Waals surface area (Å²) in [4.78, 5) is 11.3. The zero-order valence-corrected chi connectivity index (χ0v) is 8.98. The van der Waals surface area contributed by atoms with Crippen molar-refractivity contribution in [3.05, 3.63) is 0 Å². The minimum Gasteiger partial charge on any atom is -0.375 e. The van der Waals surface area contributed by atoms with Gasteiger partial charge in [-0.3, -0.25) is 4.79 Å². The van der Waals surface area contributed by atoms with Gasteiger partial charge in [-0.1, -0.05) is 0 Å². The maximum atomic E-state index is 11.8. The van der Waals surface area contributed by atoms with Gasteiger partial charge in [0.1, 0.15) is 5.78 Å². The second kappa shape index (κ2) is 6.20. The molecule has 1 aliphatic heterocycles. The third kappa shape index (κ3) is 6.07. The molecule has 1 rings (SSSR count). The molecule has 1 fully saturated rings. The zero-order chi connectivity index (χ0) is 12.0. The number of nitrogens with one attached hydrogen (secondary N) is 1. The van der Waals surface area contributed by atoms with Crippen LogP contribution in [-0.2, 0) is 9.53 Å². The van der Waals surface area contributed by atoms with Crippen molar-refractivity contribution in [3.8, 4) is 0 Å². The van der Waals surface area contributed by atoms with Crippen molar-refractivity contribution in [3.63, 3.8) is 0 Å². The number of alkyl halides is 3. The Bertz CT molecular complexity index is 225. The van der Waals surface area contributed by atoms with Gasteiger partial charge in [-0.2, -0.15) is 13.2 Å². The van der Waals surface area contributed by atoms with E-state index >= 15 is 0 Å². The Morgan fingerprint density at radius 2 is 2.19 bits per heavy atom. The lowest BCUT2D eigenvalue weighted by Crippen LogP contribution is -2.39. The van der Waals surface area contributed by atoms with Gasteiger partial charge in [-0.25, -0.2) is 0 Å². The Balaban J connectivity index is 2.10. The van der Waals surface area contributed by atoms with Crippen LogP contribution in [0.25, 0.3) is 0 Å². The minimum atomic E-state index is -4.16. The second-order valence-corrected chi connectivity index (χ2v) is 3.91. The van der Waals surface area contributed by atoms with Gasteiger partial charge in [0.25, 0.3) is 0 Å². The first-order valence-corrected chi connectivity index (χ1v) is 5.38. The third-order valence-electron chi connectivity index (χ3n) is 2.38. The third-order valence-corrected chi connectivity index (χ3v) is 2.38. The molecule has 0 saturated carbocycles. The Hall–Kier alpha value is -0.620. The smallest absolute Gasteiger partial charge is 0.375 e. The van der Waals surface area contributed by atoms with Crippen molar-refractivity contribution < 1.29 is 22.7 Å². The Kier molecular flexibility index (Phi) is 5.21. The molecule has 1 aliphatic rings. The fourth-order valence-electron chi connectivity index (χ4n) is 1.59. The van der Waals surface area contributed by atoms with Gasteiger partial charge in [0.15, 0.2) is 0 Å². The van der Waals surface area contributed by atoms with Crippen molar-refractivity contribution >= 4 is 5.78 Å². The maximum Gasteiger partial charge on any atom is 0.389 e. The van der Waals surface area contributed by atoms with E-state index in [2.05, 4.69) is 5.32 Å². The summed E-state index contributed by atoms with van der Waals surface area (Å²) in [6.45, 7) is 1.92. The molecule has 0 aromatic rings. The van der Waals surface area contributed by atoms with E-state index in [-0.39, 0.29) is 31.1 Å². The fourth-order valence-corrected chi connectivity index (χ4v) is 1.59. The molecule has 1 atom stereocenters. The van der Waals surface area contributed by atoms with Crippen molar-refractivity contribution in [1.29, 1.82) is 0 Å². The van der Waals surface area contributed by atoms with Crippen LogP contribution in [0.2, 0.25) is 0 Å². The van der Waals surface area contributed by atoms with Crippen molar-refractivity contribution in [1.82, 2.24) is 5.32 Å². The monoisotopic (exact) mass is 239 g/mol. The molecule has 0 spiro atoms. The molecule has 16 heavy (non-hydrogen) atoms. The number of morpholine rings is 1. The van der Waals surface area contributed by atoms with Crippen LogP contribution in [0.1, 0.15) is 25.7 Å². The standard InChI is InChI=1S/C10H16F3NO2/c11-10(12,13)3-1-2-8(15)6-9-7-14-4-5-16-9/h9,14H,1-7H2. The van der Waals surface area contributed by atoms with E-state index in [1.807, 2.05) is 0 Å². The number of Topliss-reactive ketones (excluding diaryl/α,β-unsaturated/α-hetero) is 1. The molecule has 3 nitrogen and oxygen atoms in total.